The topological polar surface area (TPSA) is 430 Å². The summed E-state index contributed by atoms with van der Waals surface area (Å²) in [7, 11) is -25.7. The predicted octanol–water partition coefficient (Wildman–Crippen LogP) is 0.968. The molecule has 3 aliphatic rings. The zero-order chi connectivity index (χ0) is 54.6. The molecule has 6 rings (SSSR count). The molecule has 28 nitrogen and oxygen atoms in total. The van der Waals surface area contributed by atoms with Crippen LogP contribution in [0.25, 0.3) is 33.4 Å². The van der Waals surface area contributed by atoms with Gasteiger partial charge in [-0.05, 0) is 62.9 Å². The number of anilines is 2. The van der Waals surface area contributed by atoms with Crippen molar-refractivity contribution < 1.29 is 96.1 Å². The molecular formula is C41H48N7O21P3S2. The van der Waals surface area contributed by atoms with Gasteiger partial charge in [-0.15, -0.1) is 0 Å². The zero-order valence-corrected chi connectivity index (χ0v) is 43.4. The summed E-state index contributed by atoms with van der Waals surface area (Å²) in [5, 5.41) is 5.34. The van der Waals surface area contributed by atoms with Crippen molar-refractivity contribution >= 4 is 78.0 Å². The summed E-state index contributed by atoms with van der Waals surface area (Å²) in [5.74, 6) is 3.59. The molecule has 0 saturated carbocycles. The lowest BCUT2D eigenvalue weighted by Gasteiger charge is -2.23. The molecule has 1 saturated heterocycles. The van der Waals surface area contributed by atoms with Crippen molar-refractivity contribution in [3.8, 4) is 34.3 Å². The number of carbonyl (C=O) groups excluding carboxylic acids is 2. The summed E-state index contributed by atoms with van der Waals surface area (Å²) in [6, 6.07) is 11.8. The molecule has 400 valence electrons. The van der Waals surface area contributed by atoms with E-state index in [1.807, 2.05) is 0 Å². The molecule has 10 N–H and O–H groups in total. The Bertz CT molecular complexity index is 3560. The van der Waals surface area contributed by atoms with Crippen molar-refractivity contribution in [2.45, 2.75) is 61.7 Å². The maximum Gasteiger partial charge on any atom is 0.490 e. The molecule has 33 heteroatoms. The van der Waals surface area contributed by atoms with E-state index in [1.54, 1.807) is 26.0 Å². The molecule has 0 bridgehead atoms. The van der Waals surface area contributed by atoms with E-state index < -0.39 is 101 Å². The quantitative estimate of drug-likeness (QED) is 0.0227. The highest BCUT2D eigenvalue weighted by molar-refractivity contribution is 7.86. The number of nitrogens with two attached hydrogens (primary N) is 1. The fourth-order valence-corrected chi connectivity index (χ4v) is 12.4. The number of phosphoric ester groups is 1. The first-order valence-corrected chi connectivity index (χ1v) is 29.1. The van der Waals surface area contributed by atoms with E-state index in [1.165, 1.54) is 54.5 Å². The second-order valence-corrected chi connectivity index (χ2v) is 23.1. The summed E-state index contributed by atoms with van der Waals surface area (Å²) in [4.78, 5) is 82.6. The molecule has 0 spiro atoms. The minimum absolute atomic E-state index is 0.0178. The first-order valence-electron chi connectivity index (χ1n) is 21.8. The molecular weight excluding hydrogens is 1080 g/mol. The van der Waals surface area contributed by atoms with Crippen LogP contribution in [-0.4, -0.2) is 118 Å². The van der Waals surface area contributed by atoms with Gasteiger partial charge < -0.3 is 54.5 Å². The van der Waals surface area contributed by atoms with E-state index in [2.05, 4.69) is 45.6 Å². The number of ether oxygens (including phenoxy) is 1. The van der Waals surface area contributed by atoms with Gasteiger partial charge in [-0.25, -0.2) is 31.9 Å². The van der Waals surface area contributed by atoms with Crippen LogP contribution < -0.4 is 32.4 Å². The van der Waals surface area contributed by atoms with Gasteiger partial charge in [0.05, 0.1) is 30.5 Å². The lowest BCUT2D eigenvalue weighted by Crippen LogP contribution is -2.76. The Balaban J connectivity index is 1.14. The molecule has 1 fully saturated rings. The van der Waals surface area contributed by atoms with Gasteiger partial charge in [-0.3, -0.25) is 23.2 Å². The summed E-state index contributed by atoms with van der Waals surface area (Å²) in [5.41, 5.74) is 4.80. The number of nitrogens with one attached hydrogen (secondary N) is 3. The second-order valence-electron chi connectivity index (χ2n) is 16.0. The van der Waals surface area contributed by atoms with E-state index >= 15 is 0 Å². The number of hydrogen-bond donors (Lipinski definition) is 9. The Kier molecular flexibility index (Phi) is 17.9. The molecule has 2 unspecified atom stereocenters. The van der Waals surface area contributed by atoms with Gasteiger partial charge in [-0.1, -0.05) is 30.0 Å². The third-order valence-corrected chi connectivity index (χ3v) is 16.3. The summed E-state index contributed by atoms with van der Waals surface area (Å²) in [6.07, 6.45) is -0.490. The van der Waals surface area contributed by atoms with E-state index in [4.69, 9.17) is 24.7 Å². The fourth-order valence-electron chi connectivity index (χ4n) is 7.74. The number of benzene rings is 3. The van der Waals surface area contributed by atoms with Crippen LogP contribution in [0.3, 0.4) is 0 Å². The first-order chi connectivity index (χ1) is 34.5. The largest absolute Gasteiger partial charge is 0.744 e. The van der Waals surface area contributed by atoms with Crippen LogP contribution >= 0.6 is 23.5 Å². The number of hydrogen-bond acceptors (Lipinski definition) is 19. The predicted molar refractivity (Wildman–Crippen MR) is 257 cm³/mol. The zero-order valence-electron chi connectivity index (χ0n) is 39.1. The first kappa shape index (κ1) is 57.6. The SMILES string of the molecule is CCNc1ccc2c(-c3ccccc3C(=O)N(C)CCCC(=O)NCC#Cc3cn([C@H]4CC[C@@H](COP(=O)(O)OP(=O)(O)OP(=O)(O)O)O4)c(=O)nc3N)c3ccc(=[NH+]CC)c(S(=O)(=O)O)c-3oc2c1S(=O)(=O)[O-]. The number of aromatic nitrogens is 2. The molecule has 3 aromatic rings. The smallest absolute Gasteiger partial charge is 0.490 e. The highest BCUT2D eigenvalue weighted by atomic mass is 32.2. The van der Waals surface area contributed by atoms with Gasteiger partial charge in [0.15, 0.2) is 11.3 Å². The van der Waals surface area contributed by atoms with Gasteiger partial charge in [0.2, 0.25) is 16.2 Å². The molecule has 1 aliphatic carbocycles. The van der Waals surface area contributed by atoms with Crippen molar-refractivity contribution in [2.75, 3.05) is 50.9 Å². The average Bonchev–Trinajstić information content (AvgIpc) is 3.76. The molecule has 2 amide bonds. The summed E-state index contributed by atoms with van der Waals surface area (Å²) in [6.45, 7) is 2.79. The Morgan fingerprint density at radius 2 is 1.72 bits per heavy atom. The summed E-state index contributed by atoms with van der Waals surface area (Å²) >= 11 is 0. The molecule has 3 heterocycles. The number of carbonyl (C=O) groups is 2. The number of phosphoric acid groups is 3. The van der Waals surface area contributed by atoms with Gasteiger partial charge in [0.1, 0.15) is 33.6 Å². The Morgan fingerprint density at radius 1 is 1.00 bits per heavy atom. The van der Waals surface area contributed by atoms with E-state index in [0.717, 1.165) is 4.57 Å². The van der Waals surface area contributed by atoms with Crippen LogP contribution in [0.4, 0.5) is 11.5 Å². The van der Waals surface area contributed by atoms with Crippen LogP contribution in [-0.2, 0) is 56.6 Å². The van der Waals surface area contributed by atoms with Crippen molar-refractivity contribution in [2.24, 2.45) is 0 Å². The van der Waals surface area contributed by atoms with E-state index in [9.17, 15) is 63.8 Å². The monoisotopic (exact) mass is 1130 g/mol. The van der Waals surface area contributed by atoms with Crippen molar-refractivity contribution in [1.29, 1.82) is 0 Å². The number of fused-ring (bicyclic) bond motifs is 2. The van der Waals surface area contributed by atoms with Crippen LogP contribution in [0, 0.1) is 11.8 Å². The van der Waals surface area contributed by atoms with E-state index in [-0.39, 0.29) is 102 Å². The van der Waals surface area contributed by atoms with Crippen LogP contribution in [0.2, 0.25) is 0 Å². The Labute approximate surface area is 420 Å². The molecule has 74 heavy (non-hydrogen) atoms. The number of amides is 2. The highest BCUT2D eigenvalue weighted by Gasteiger charge is 2.42. The Hall–Kier alpha value is -5.70. The number of nitrogen functional groups attached to an aromatic ring is 1. The second kappa shape index (κ2) is 23.0. The molecule has 2 aromatic carbocycles. The van der Waals surface area contributed by atoms with Gasteiger partial charge in [0.25, 0.3) is 5.91 Å². The molecule has 0 radical (unpaired) electrons. The van der Waals surface area contributed by atoms with Gasteiger partial charge in [0, 0.05) is 60.9 Å². The van der Waals surface area contributed by atoms with Gasteiger partial charge >= 0.3 is 39.3 Å². The van der Waals surface area contributed by atoms with Crippen LogP contribution in [0.5, 0.6) is 0 Å². The van der Waals surface area contributed by atoms with Crippen LogP contribution in [0.15, 0.2) is 73.7 Å². The number of nitrogens with zero attached hydrogens (tertiary/aromatic N) is 3. The minimum Gasteiger partial charge on any atom is -0.744 e. The lowest BCUT2D eigenvalue weighted by molar-refractivity contribution is -0.498. The lowest BCUT2D eigenvalue weighted by atomic mass is 9.90. The third kappa shape index (κ3) is 14.2. The molecule has 1 aromatic heterocycles. The maximum atomic E-state index is 14.2. The van der Waals surface area contributed by atoms with Gasteiger partial charge in [-0.2, -0.15) is 22.0 Å². The Morgan fingerprint density at radius 3 is 2.38 bits per heavy atom. The van der Waals surface area contributed by atoms with E-state index in [0.29, 0.717) is 0 Å². The summed E-state index contributed by atoms with van der Waals surface area (Å²) < 4.78 is 134. The van der Waals surface area contributed by atoms with Crippen molar-refractivity contribution in [3.05, 3.63) is 81.7 Å². The highest BCUT2D eigenvalue weighted by Crippen LogP contribution is 2.66. The van der Waals surface area contributed by atoms with Crippen molar-refractivity contribution in [1.82, 2.24) is 19.8 Å². The van der Waals surface area contributed by atoms with Crippen molar-refractivity contribution in [3.63, 3.8) is 0 Å². The maximum absolute atomic E-state index is 14.2. The average molecular weight is 1130 g/mol. The number of rotatable bonds is 20. The molecule has 4 atom stereocenters. The molecule has 2 aliphatic heterocycles. The standard InChI is InChI=1S/C41H48N7O21P3S2/c1-4-43-30-17-15-28-34(29-16-18-31(44-5-2)38(74(62,63)64)36(29)67-35(28)37(30)73(59,60)61)26-11-6-7-12-27(26)40(50)47(3)21-9-13-32(49)45-20-8-10-24-22-48(41(51)46-39(24)42)33-19-14-25(66-33)23-65-71(55,56)69-72(57,58)68-70(52,53)54/h6-7,11-12,15-18,22,25,33,43H,4-5,9,13-14,19-21,23H2,1-3H3,(H,45,49)(H,55,56)(H,57,58)(H2,42,46,51)(H2,52,53,54)(H,59,60,61)(H,62,63,64)/t25-,33+/m0/s1. The minimum atomic E-state index is -5.74. The fraction of sp³-hybridized carbons (Fsp3) is 0.341. The third-order valence-electron chi connectivity index (χ3n) is 10.7. The normalized spacial score (nSPS) is 17.1. The van der Waals surface area contributed by atoms with Crippen LogP contribution in [0.1, 0.15) is 61.7 Å².